The van der Waals surface area contributed by atoms with Gasteiger partial charge in [-0.2, -0.15) is 0 Å². The Hall–Kier alpha value is -3.55. The summed E-state index contributed by atoms with van der Waals surface area (Å²) in [6.45, 7) is 5.11. The number of fused-ring (bicyclic) bond motifs is 2. The molecule has 0 spiro atoms. The van der Waals surface area contributed by atoms with E-state index >= 15 is 0 Å². The van der Waals surface area contributed by atoms with E-state index in [9.17, 15) is 19.5 Å². The molecule has 2 aromatic rings. The maximum atomic E-state index is 13.4. The summed E-state index contributed by atoms with van der Waals surface area (Å²) in [5.41, 5.74) is 5.65. The van der Waals surface area contributed by atoms with Crippen LogP contribution in [-0.4, -0.2) is 39.6 Å². The Labute approximate surface area is 180 Å². The van der Waals surface area contributed by atoms with Crippen molar-refractivity contribution in [2.75, 3.05) is 0 Å². The van der Waals surface area contributed by atoms with Crippen molar-refractivity contribution in [2.45, 2.75) is 51.3 Å². The molecule has 31 heavy (non-hydrogen) atoms. The van der Waals surface area contributed by atoms with E-state index in [1.807, 2.05) is 0 Å². The average molecular weight is 426 g/mol. The third kappa shape index (κ3) is 4.96. The van der Waals surface area contributed by atoms with Crippen LogP contribution in [0.1, 0.15) is 50.8 Å². The lowest BCUT2D eigenvalue weighted by molar-refractivity contribution is -0.144. The molecule has 2 aromatic carbocycles. The molecule has 164 valence electrons. The smallest absolute Gasteiger partial charge is 0.411 e. The highest BCUT2D eigenvalue weighted by atomic mass is 16.6. The third-order valence-electron chi connectivity index (χ3n) is 4.81. The van der Waals surface area contributed by atoms with Crippen molar-refractivity contribution >= 4 is 18.0 Å². The van der Waals surface area contributed by atoms with Crippen LogP contribution in [0.2, 0.25) is 0 Å². The topological polar surface area (TPSA) is 119 Å². The van der Waals surface area contributed by atoms with Gasteiger partial charge in [-0.1, -0.05) is 36.4 Å². The predicted octanol–water partition coefficient (Wildman–Crippen LogP) is 3.84. The molecule has 8 heteroatoms. The van der Waals surface area contributed by atoms with Crippen LogP contribution >= 0.6 is 0 Å². The van der Waals surface area contributed by atoms with Crippen LogP contribution in [0.5, 0.6) is 11.5 Å². The number of nitrogens with zero attached hydrogens (tertiary/aromatic N) is 1. The maximum Gasteiger partial charge on any atom is 0.411 e. The molecule has 0 radical (unpaired) electrons. The van der Waals surface area contributed by atoms with Crippen LogP contribution in [0.15, 0.2) is 48.5 Å². The first-order chi connectivity index (χ1) is 14.6. The normalized spacial score (nSPS) is 13.9. The highest BCUT2D eigenvalue weighted by Gasteiger charge is 2.42. The van der Waals surface area contributed by atoms with Crippen molar-refractivity contribution in [3.63, 3.8) is 0 Å². The monoisotopic (exact) mass is 426 g/mol. The van der Waals surface area contributed by atoms with Crippen molar-refractivity contribution in [1.82, 2.24) is 4.90 Å². The van der Waals surface area contributed by atoms with Crippen molar-refractivity contribution in [2.24, 2.45) is 5.73 Å². The fourth-order valence-electron chi connectivity index (χ4n) is 3.57. The molecule has 0 fully saturated rings. The number of hydrogen-bond donors (Lipinski definition) is 2. The summed E-state index contributed by atoms with van der Waals surface area (Å²) in [5, 5.41) is 10.00. The zero-order valence-electron chi connectivity index (χ0n) is 17.7. The minimum absolute atomic E-state index is 0.147. The van der Waals surface area contributed by atoms with E-state index in [0.717, 1.165) is 0 Å². The zero-order chi connectivity index (χ0) is 22.8. The molecule has 1 atom stereocenters. The van der Waals surface area contributed by atoms with E-state index in [1.54, 1.807) is 69.3 Å². The molecule has 0 saturated carbocycles. The van der Waals surface area contributed by atoms with Crippen LogP contribution in [0.3, 0.4) is 0 Å². The lowest BCUT2D eigenvalue weighted by Gasteiger charge is -2.40. The van der Waals surface area contributed by atoms with Crippen molar-refractivity contribution < 1.29 is 29.0 Å². The van der Waals surface area contributed by atoms with E-state index in [-0.39, 0.29) is 12.8 Å². The number of nitrogens with two attached hydrogens (primary N) is 1. The number of primary amides is 1. The fraction of sp³-hybridized carbons (Fsp3) is 0.348. The van der Waals surface area contributed by atoms with Crippen molar-refractivity contribution in [3.8, 4) is 11.5 Å². The Morgan fingerprint density at radius 2 is 1.58 bits per heavy atom. The lowest BCUT2D eigenvalue weighted by atomic mass is 9.91. The Morgan fingerprint density at radius 1 is 1.06 bits per heavy atom. The molecule has 2 amide bonds. The molecule has 0 saturated heterocycles. The molecule has 0 bridgehead atoms. The second-order valence-corrected chi connectivity index (χ2v) is 8.33. The van der Waals surface area contributed by atoms with E-state index in [2.05, 4.69) is 0 Å². The molecule has 1 aliphatic heterocycles. The Bertz CT molecular complexity index is 952. The summed E-state index contributed by atoms with van der Waals surface area (Å²) < 4.78 is 11.6. The minimum atomic E-state index is -1.34. The lowest BCUT2D eigenvalue weighted by Crippen LogP contribution is -2.50. The van der Waals surface area contributed by atoms with Gasteiger partial charge in [0.05, 0.1) is 6.04 Å². The van der Waals surface area contributed by atoms with Crippen LogP contribution in [0, 0.1) is 0 Å². The number of hydrogen-bond acceptors (Lipinski definition) is 5. The average Bonchev–Trinajstić information content (AvgIpc) is 2.68. The van der Waals surface area contributed by atoms with Gasteiger partial charge in [0.1, 0.15) is 23.1 Å². The molecular weight excluding hydrogens is 400 g/mol. The maximum absolute atomic E-state index is 13.4. The van der Waals surface area contributed by atoms with Crippen LogP contribution in [0.4, 0.5) is 4.79 Å². The number of rotatable bonds is 6. The van der Waals surface area contributed by atoms with Gasteiger partial charge in [-0.25, -0.2) is 9.59 Å². The quantitative estimate of drug-likeness (QED) is 0.724. The van der Waals surface area contributed by atoms with E-state index in [0.29, 0.717) is 22.6 Å². The van der Waals surface area contributed by atoms with Crippen LogP contribution in [-0.2, 0) is 14.3 Å². The number of benzene rings is 2. The summed E-state index contributed by atoms with van der Waals surface area (Å²) in [5.74, 6) is -0.880. The Kier molecular flexibility index (Phi) is 6.19. The van der Waals surface area contributed by atoms with Gasteiger partial charge in [0.25, 0.3) is 0 Å². The zero-order valence-corrected chi connectivity index (χ0v) is 17.7. The number of carbonyl (C=O) groups is 3. The third-order valence-corrected chi connectivity index (χ3v) is 4.81. The van der Waals surface area contributed by atoms with Gasteiger partial charge in [0.2, 0.25) is 5.91 Å². The number of carbonyl (C=O) groups excluding carboxylic acids is 2. The van der Waals surface area contributed by atoms with Gasteiger partial charge in [-0.05, 0) is 39.3 Å². The molecule has 0 unspecified atom stereocenters. The highest BCUT2D eigenvalue weighted by molar-refractivity contribution is 5.82. The SMILES string of the molecule is CC(C)(C)OC(=O)N(C1c2ccccc2Oc2ccccc21)[C@H](CCC(N)=O)C(=O)O. The standard InChI is InChI=1S/C23H26N2O6/c1-23(2,3)31-22(29)25(16(21(27)28)12-13-19(24)26)20-14-8-4-6-10-17(14)30-18-11-7-5-9-15(18)20/h4-11,16,20H,12-13H2,1-3H3,(H2,24,26)(H,27,28)/t16-/m1/s1. The van der Waals surface area contributed by atoms with Crippen molar-refractivity contribution in [3.05, 3.63) is 59.7 Å². The highest BCUT2D eigenvalue weighted by Crippen LogP contribution is 2.46. The molecule has 8 nitrogen and oxygen atoms in total. The number of amides is 2. The summed E-state index contributed by atoms with van der Waals surface area (Å²) in [6.07, 6.45) is -1.14. The van der Waals surface area contributed by atoms with E-state index in [1.165, 1.54) is 4.90 Å². The second-order valence-electron chi connectivity index (χ2n) is 8.33. The van der Waals surface area contributed by atoms with Crippen LogP contribution in [0.25, 0.3) is 0 Å². The number of para-hydroxylation sites is 2. The fourth-order valence-corrected chi connectivity index (χ4v) is 3.57. The largest absolute Gasteiger partial charge is 0.480 e. The molecule has 1 heterocycles. The Morgan fingerprint density at radius 3 is 2.03 bits per heavy atom. The molecule has 0 aliphatic carbocycles. The number of aliphatic carboxylic acids is 1. The van der Waals surface area contributed by atoms with Gasteiger partial charge in [0.15, 0.2) is 0 Å². The van der Waals surface area contributed by atoms with Gasteiger partial charge >= 0.3 is 12.1 Å². The second kappa shape index (κ2) is 8.67. The Balaban J connectivity index is 2.18. The molecule has 3 N–H and O–H groups in total. The predicted molar refractivity (Wildman–Crippen MR) is 113 cm³/mol. The molecule has 1 aliphatic rings. The molecular formula is C23H26N2O6. The summed E-state index contributed by atoms with van der Waals surface area (Å²) in [6, 6.07) is 12.1. The molecule has 3 rings (SSSR count). The van der Waals surface area contributed by atoms with Gasteiger partial charge in [-0.15, -0.1) is 0 Å². The van der Waals surface area contributed by atoms with Crippen molar-refractivity contribution in [1.29, 1.82) is 0 Å². The first-order valence-corrected chi connectivity index (χ1v) is 9.96. The minimum Gasteiger partial charge on any atom is -0.480 e. The first-order valence-electron chi connectivity index (χ1n) is 9.96. The van der Waals surface area contributed by atoms with E-state index < -0.39 is 35.7 Å². The number of ether oxygens (including phenoxy) is 2. The molecule has 0 aromatic heterocycles. The number of carboxylic acid groups (broad SMARTS) is 1. The first kappa shape index (κ1) is 22.1. The summed E-state index contributed by atoms with van der Waals surface area (Å²) in [7, 11) is 0. The summed E-state index contributed by atoms with van der Waals surface area (Å²) in [4.78, 5) is 38.2. The number of carboxylic acids is 1. The van der Waals surface area contributed by atoms with Crippen LogP contribution < -0.4 is 10.5 Å². The van der Waals surface area contributed by atoms with E-state index in [4.69, 9.17) is 15.2 Å². The summed E-state index contributed by atoms with van der Waals surface area (Å²) >= 11 is 0. The van der Waals surface area contributed by atoms with Gasteiger partial charge in [-0.3, -0.25) is 9.69 Å². The van der Waals surface area contributed by atoms with Gasteiger partial charge < -0.3 is 20.3 Å². The van der Waals surface area contributed by atoms with Gasteiger partial charge in [0, 0.05) is 17.5 Å².